The van der Waals surface area contributed by atoms with Crippen LogP contribution >= 0.6 is 11.6 Å². The zero-order valence-corrected chi connectivity index (χ0v) is 18.3. The molecule has 0 unspecified atom stereocenters. The summed E-state index contributed by atoms with van der Waals surface area (Å²) >= 11 is 6.10. The average molecular weight is 415 g/mol. The molecular weight excluding hydrogens is 384 g/mol. The molecule has 2 amide bonds. The molecular formula is C24H31ClN2O2. The number of halogens is 1. The van der Waals surface area contributed by atoms with Crippen LogP contribution in [0.3, 0.4) is 0 Å². The Bertz CT molecular complexity index is 805. The second-order valence-corrected chi connectivity index (χ2v) is 7.73. The molecule has 0 heterocycles. The van der Waals surface area contributed by atoms with Gasteiger partial charge in [0, 0.05) is 24.5 Å². The summed E-state index contributed by atoms with van der Waals surface area (Å²) in [5.74, 6) is -0.168. The zero-order chi connectivity index (χ0) is 21.2. The van der Waals surface area contributed by atoms with Gasteiger partial charge in [-0.25, -0.2) is 0 Å². The molecule has 2 aromatic carbocycles. The van der Waals surface area contributed by atoms with E-state index in [0.717, 1.165) is 24.0 Å². The van der Waals surface area contributed by atoms with E-state index in [1.54, 1.807) is 17.9 Å². The van der Waals surface area contributed by atoms with Crippen molar-refractivity contribution in [2.24, 2.45) is 0 Å². The summed E-state index contributed by atoms with van der Waals surface area (Å²) in [6.45, 7) is 6.87. The van der Waals surface area contributed by atoms with Crippen LogP contribution in [0.15, 0.2) is 48.5 Å². The number of nitrogens with zero attached hydrogens (tertiary/aromatic N) is 1. The first-order valence-electron chi connectivity index (χ1n) is 10.3. The van der Waals surface area contributed by atoms with Crippen molar-refractivity contribution in [1.29, 1.82) is 0 Å². The van der Waals surface area contributed by atoms with Gasteiger partial charge < -0.3 is 10.2 Å². The lowest BCUT2D eigenvalue weighted by Crippen LogP contribution is -2.47. The van der Waals surface area contributed by atoms with E-state index in [1.807, 2.05) is 25.1 Å². The number of aryl methyl sites for hydroxylation is 2. The predicted octanol–water partition coefficient (Wildman–Crippen LogP) is 4.78. The summed E-state index contributed by atoms with van der Waals surface area (Å²) in [7, 11) is 0. The normalized spacial score (nSPS) is 11.7. The Kier molecular flexibility index (Phi) is 9.20. The van der Waals surface area contributed by atoms with Gasteiger partial charge in [-0.3, -0.25) is 9.59 Å². The molecule has 0 saturated carbocycles. The maximum atomic E-state index is 13.1. The second-order valence-electron chi connectivity index (χ2n) is 7.29. The number of amides is 2. The predicted molar refractivity (Wildman–Crippen MR) is 119 cm³/mol. The number of nitrogens with one attached hydrogen (secondary N) is 1. The number of carbonyl (C=O) groups excluding carboxylic acids is 2. The molecule has 1 N–H and O–H groups in total. The van der Waals surface area contributed by atoms with E-state index < -0.39 is 6.04 Å². The molecule has 0 spiro atoms. The Hall–Kier alpha value is -2.33. The fourth-order valence-electron chi connectivity index (χ4n) is 3.15. The average Bonchev–Trinajstić information content (AvgIpc) is 2.74. The van der Waals surface area contributed by atoms with Crippen LogP contribution in [0.2, 0.25) is 5.02 Å². The van der Waals surface area contributed by atoms with E-state index in [9.17, 15) is 9.59 Å². The van der Waals surface area contributed by atoms with Gasteiger partial charge in [0.05, 0.1) is 0 Å². The third-order valence-electron chi connectivity index (χ3n) is 5.02. The molecule has 0 aliphatic rings. The number of benzene rings is 2. The Morgan fingerprint density at radius 3 is 2.34 bits per heavy atom. The first-order chi connectivity index (χ1) is 13.9. The van der Waals surface area contributed by atoms with Crippen molar-refractivity contribution in [3.8, 4) is 0 Å². The summed E-state index contributed by atoms with van der Waals surface area (Å²) < 4.78 is 0. The molecule has 4 nitrogen and oxygen atoms in total. The van der Waals surface area contributed by atoms with Crippen LogP contribution in [0.25, 0.3) is 0 Å². The molecule has 1 atom stereocenters. The Balaban J connectivity index is 2.11. The third kappa shape index (κ3) is 7.21. The summed E-state index contributed by atoms with van der Waals surface area (Å²) in [4.78, 5) is 27.2. The van der Waals surface area contributed by atoms with Gasteiger partial charge in [0.2, 0.25) is 11.8 Å². The second kappa shape index (κ2) is 11.6. The number of rotatable bonds is 10. The van der Waals surface area contributed by atoms with Gasteiger partial charge in [0.25, 0.3) is 0 Å². The Morgan fingerprint density at radius 2 is 1.72 bits per heavy atom. The van der Waals surface area contributed by atoms with Crippen molar-refractivity contribution in [3.63, 3.8) is 0 Å². The number of carbonyl (C=O) groups is 2. The van der Waals surface area contributed by atoms with E-state index in [0.29, 0.717) is 31.0 Å². The van der Waals surface area contributed by atoms with Gasteiger partial charge in [0.15, 0.2) is 0 Å². The summed E-state index contributed by atoms with van der Waals surface area (Å²) in [5.41, 5.74) is 3.32. The van der Waals surface area contributed by atoms with Gasteiger partial charge in [-0.2, -0.15) is 0 Å². The molecule has 2 rings (SSSR count). The molecule has 0 saturated heterocycles. The van der Waals surface area contributed by atoms with Crippen LogP contribution in [0.4, 0.5) is 0 Å². The van der Waals surface area contributed by atoms with Crippen molar-refractivity contribution < 1.29 is 9.59 Å². The van der Waals surface area contributed by atoms with Crippen LogP contribution in [0.1, 0.15) is 50.3 Å². The van der Waals surface area contributed by atoms with Gasteiger partial charge in [-0.15, -0.1) is 0 Å². The molecule has 0 aromatic heterocycles. The lowest BCUT2D eigenvalue weighted by atomic mass is 10.0. The molecule has 2 aromatic rings. The lowest BCUT2D eigenvalue weighted by molar-refractivity contribution is -0.140. The summed E-state index contributed by atoms with van der Waals surface area (Å²) in [6, 6.07) is 15.2. The maximum Gasteiger partial charge on any atom is 0.242 e. The molecule has 0 aliphatic heterocycles. The summed E-state index contributed by atoms with van der Waals surface area (Å²) in [5, 5.41) is 3.51. The first-order valence-corrected chi connectivity index (χ1v) is 10.7. The third-order valence-corrected chi connectivity index (χ3v) is 5.25. The van der Waals surface area contributed by atoms with Crippen LogP contribution in [0.5, 0.6) is 0 Å². The van der Waals surface area contributed by atoms with Crippen LogP contribution < -0.4 is 5.32 Å². The van der Waals surface area contributed by atoms with E-state index in [2.05, 4.69) is 36.5 Å². The highest BCUT2D eigenvalue weighted by atomic mass is 35.5. The molecule has 0 bridgehead atoms. The minimum absolute atomic E-state index is 0.0382. The first kappa shape index (κ1) is 23.0. The maximum absolute atomic E-state index is 13.1. The van der Waals surface area contributed by atoms with Crippen molar-refractivity contribution in [2.45, 2.75) is 59.0 Å². The van der Waals surface area contributed by atoms with Crippen LogP contribution in [0, 0.1) is 0 Å². The Morgan fingerprint density at radius 1 is 1.03 bits per heavy atom. The standard InChI is InChI=1S/C24H31ClN2O2/c1-4-15-26-24(29)18(3)27(17-21-7-6-8-22(25)16-21)23(28)14-13-20-11-9-19(5-2)10-12-20/h6-12,16,18H,4-5,13-15,17H2,1-3H3,(H,26,29)/t18-/m1/s1. The van der Waals surface area contributed by atoms with Crippen molar-refractivity contribution in [1.82, 2.24) is 10.2 Å². The molecule has 0 fully saturated rings. The molecule has 5 heteroatoms. The number of hydrogen-bond donors (Lipinski definition) is 1. The largest absolute Gasteiger partial charge is 0.354 e. The fourth-order valence-corrected chi connectivity index (χ4v) is 3.36. The van der Waals surface area contributed by atoms with E-state index in [1.165, 1.54) is 5.56 Å². The van der Waals surface area contributed by atoms with Crippen molar-refractivity contribution in [2.75, 3.05) is 6.54 Å². The highest BCUT2D eigenvalue weighted by Crippen LogP contribution is 2.16. The Labute approximate surface area is 179 Å². The van der Waals surface area contributed by atoms with Crippen LogP contribution in [-0.2, 0) is 29.0 Å². The molecule has 156 valence electrons. The highest BCUT2D eigenvalue weighted by molar-refractivity contribution is 6.30. The van der Waals surface area contributed by atoms with Gasteiger partial charge >= 0.3 is 0 Å². The van der Waals surface area contributed by atoms with Gasteiger partial charge in [-0.1, -0.05) is 61.8 Å². The topological polar surface area (TPSA) is 49.4 Å². The minimum atomic E-state index is -0.546. The fraction of sp³-hybridized carbons (Fsp3) is 0.417. The van der Waals surface area contributed by atoms with Gasteiger partial charge in [-0.05, 0) is 55.0 Å². The summed E-state index contributed by atoms with van der Waals surface area (Å²) in [6.07, 6.45) is 2.86. The van der Waals surface area contributed by atoms with E-state index in [-0.39, 0.29) is 11.8 Å². The van der Waals surface area contributed by atoms with Crippen molar-refractivity contribution in [3.05, 3.63) is 70.2 Å². The quantitative estimate of drug-likeness (QED) is 0.608. The molecule has 0 aliphatic carbocycles. The van der Waals surface area contributed by atoms with Gasteiger partial charge in [0.1, 0.15) is 6.04 Å². The number of hydrogen-bond acceptors (Lipinski definition) is 2. The molecule has 29 heavy (non-hydrogen) atoms. The molecule has 0 radical (unpaired) electrons. The van der Waals surface area contributed by atoms with Crippen LogP contribution in [-0.4, -0.2) is 29.3 Å². The zero-order valence-electron chi connectivity index (χ0n) is 17.6. The lowest BCUT2D eigenvalue weighted by Gasteiger charge is -2.29. The monoisotopic (exact) mass is 414 g/mol. The SMILES string of the molecule is CCCNC(=O)[C@@H](C)N(Cc1cccc(Cl)c1)C(=O)CCc1ccc(CC)cc1. The van der Waals surface area contributed by atoms with Crippen molar-refractivity contribution >= 4 is 23.4 Å². The van der Waals surface area contributed by atoms with E-state index in [4.69, 9.17) is 11.6 Å². The smallest absolute Gasteiger partial charge is 0.242 e. The minimum Gasteiger partial charge on any atom is -0.354 e. The highest BCUT2D eigenvalue weighted by Gasteiger charge is 2.25. The van der Waals surface area contributed by atoms with E-state index >= 15 is 0 Å².